The van der Waals surface area contributed by atoms with Gasteiger partial charge < -0.3 is 14.6 Å². The lowest BCUT2D eigenvalue weighted by Crippen LogP contribution is -2.30. The molecule has 0 radical (unpaired) electrons. The van der Waals surface area contributed by atoms with Crippen LogP contribution in [0.25, 0.3) is 0 Å². The van der Waals surface area contributed by atoms with Crippen molar-refractivity contribution in [3.63, 3.8) is 0 Å². The van der Waals surface area contributed by atoms with Gasteiger partial charge in [0.25, 0.3) is 5.91 Å². The molecule has 0 bridgehead atoms. The van der Waals surface area contributed by atoms with Crippen molar-refractivity contribution in [1.29, 1.82) is 0 Å². The molecule has 0 aliphatic carbocycles. The zero-order chi connectivity index (χ0) is 15.2. The van der Waals surface area contributed by atoms with Gasteiger partial charge in [-0.25, -0.2) is 0 Å². The van der Waals surface area contributed by atoms with E-state index in [4.69, 9.17) is 4.42 Å². The number of anilines is 1. The van der Waals surface area contributed by atoms with Gasteiger partial charge in [-0.3, -0.25) is 4.79 Å². The minimum absolute atomic E-state index is 0.0674. The Labute approximate surface area is 125 Å². The molecule has 1 aromatic carbocycles. The van der Waals surface area contributed by atoms with Gasteiger partial charge in [0.05, 0.1) is 12.8 Å². The number of hydrogen-bond acceptors (Lipinski definition) is 3. The quantitative estimate of drug-likeness (QED) is 0.881. The van der Waals surface area contributed by atoms with Crippen LogP contribution in [0.2, 0.25) is 0 Å². The third-order valence-electron chi connectivity index (χ3n) is 3.58. The van der Waals surface area contributed by atoms with Gasteiger partial charge in [0.2, 0.25) is 0 Å². The van der Waals surface area contributed by atoms with Crippen molar-refractivity contribution in [2.75, 3.05) is 18.4 Å². The molecule has 2 aromatic rings. The van der Waals surface area contributed by atoms with Gasteiger partial charge in [-0.1, -0.05) is 6.07 Å². The second-order valence-electron chi connectivity index (χ2n) is 4.94. The molecule has 4 heteroatoms. The number of carbonyl (C=O) groups is 1. The van der Waals surface area contributed by atoms with E-state index in [-0.39, 0.29) is 5.91 Å². The zero-order valence-electron chi connectivity index (χ0n) is 12.8. The number of nitrogens with zero attached hydrogens (tertiary/aromatic N) is 1. The van der Waals surface area contributed by atoms with Crippen LogP contribution in [-0.2, 0) is 6.54 Å². The van der Waals surface area contributed by atoms with E-state index in [9.17, 15) is 4.79 Å². The highest BCUT2D eigenvalue weighted by atomic mass is 16.3. The summed E-state index contributed by atoms with van der Waals surface area (Å²) >= 11 is 0. The van der Waals surface area contributed by atoms with E-state index in [1.54, 1.807) is 6.26 Å². The van der Waals surface area contributed by atoms with Crippen molar-refractivity contribution in [3.05, 3.63) is 53.5 Å². The van der Waals surface area contributed by atoms with Gasteiger partial charge in [0.1, 0.15) is 5.76 Å². The zero-order valence-corrected chi connectivity index (χ0v) is 12.8. The van der Waals surface area contributed by atoms with Gasteiger partial charge in [-0.15, -0.1) is 0 Å². The highest BCUT2D eigenvalue weighted by molar-refractivity contribution is 5.95. The first kappa shape index (κ1) is 15.2. The van der Waals surface area contributed by atoms with Crippen molar-refractivity contribution < 1.29 is 9.21 Å². The number of hydrogen-bond donors (Lipinski definition) is 1. The first-order valence-electron chi connectivity index (χ1n) is 7.31. The van der Waals surface area contributed by atoms with Gasteiger partial charge in [-0.05, 0) is 50.6 Å². The third-order valence-corrected chi connectivity index (χ3v) is 3.58. The maximum atomic E-state index is 12.3. The molecule has 0 spiro atoms. The van der Waals surface area contributed by atoms with E-state index in [1.165, 1.54) is 0 Å². The van der Waals surface area contributed by atoms with Crippen molar-refractivity contribution in [2.45, 2.75) is 27.3 Å². The summed E-state index contributed by atoms with van der Waals surface area (Å²) in [7, 11) is 0. The topological polar surface area (TPSA) is 45.5 Å². The molecule has 21 heavy (non-hydrogen) atoms. The second-order valence-corrected chi connectivity index (χ2v) is 4.94. The summed E-state index contributed by atoms with van der Waals surface area (Å²) < 4.78 is 5.40. The van der Waals surface area contributed by atoms with Crippen LogP contribution in [0.1, 0.15) is 35.5 Å². The molecule has 112 valence electrons. The van der Waals surface area contributed by atoms with E-state index < -0.39 is 0 Å². The minimum Gasteiger partial charge on any atom is -0.467 e. The Kier molecular flexibility index (Phi) is 5.04. The van der Waals surface area contributed by atoms with E-state index in [0.717, 1.165) is 30.1 Å². The summed E-state index contributed by atoms with van der Waals surface area (Å²) in [6.45, 7) is 8.05. The number of nitrogens with one attached hydrogen (secondary N) is 1. The monoisotopic (exact) mass is 286 g/mol. The summed E-state index contributed by atoms with van der Waals surface area (Å²) in [5, 5.41) is 3.29. The molecule has 0 aliphatic heterocycles. The molecule has 0 unspecified atom stereocenters. The Morgan fingerprint density at radius 3 is 2.62 bits per heavy atom. The lowest BCUT2D eigenvalue weighted by Gasteiger charge is -2.19. The molecule has 0 atom stereocenters. The molecular weight excluding hydrogens is 264 g/mol. The molecule has 1 aromatic heterocycles. The van der Waals surface area contributed by atoms with Gasteiger partial charge >= 0.3 is 0 Å². The van der Waals surface area contributed by atoms with E-state index in [1.807, 2.05) is 56.0 Å². The van der Waals surface area contributed by atoms with Gasteiger partial charge in [0, 0.05) is 24.3 Å². The molecule has 0 fully saturated rings. The van der Waals surface area contributed by atoms with E-state index in [2.05, 4.69) is 5.32 Å². The van der Waals surface area contributed by atoms with Crippen molar-refractivity contribution >= 4 is 11.6 Å². The number of amides is 1. The summed E-state index contributed by atoms with van der Waals surface area (Å²) in [6, 6.07) is 9.53. The molecule has 4 nitrogen and oxygen atoms in total. The highest BCUT2D eigenvalue weighted by Gasteiger charge is 2.12. The standard InChI is InChI=1S/C17H22N2O2/c1-4-19(5-2)17(20)14-7-6-8-15(11-14)18-12-16-13(3)9-10-21-16/h6-11,18H,4-5,12H2,1-3H3. The Balaban J connectivity index is 2.07. The minimum atomic E-state index is 0.0674. The Morgan fingerprint density at radius 2 is 2.00 bits per heavy atom. The average Bonchev–Trinajstić information content (AvgIpc) is 2.92. The van der Waals surface area contributed by atoms with Crippen molar-refractivity contribution in [3.8, 4) is 0 Å². The molecule has 2 rings (SSSR count). The molecule has 0 saturated carbocycles. The SMILES string of the molecule is CCN(CC)C(=O)c1cccc(NCc2occc2C)c1. The van der Waals surface area contributed by atoms with E-state index >= 15 is 0 Å². The molecule has 0 aliphatic rings. The predicted molar refractivity (Wildman–Crippen MR) is 84.5 cm³/mol. The van der Waals surface area contributed by atoms with E-state index in [0.29, 0.717) is 12.1 Å². The summed E-state index contributed by atoms with van der Waals surface area (Å²) in [5.74, 6) is 0.980. The molecule has 1 N–H and O–H groups in total. The molecule has 1 heterocycles. The fraction of sp³-hybridized carbons (Fsp3) is 0.353. The van der Waals surface area contributed by atoms with Crippen molar-refractivity contribution in [2.24, 2.45) is 0 Å². The maximum absolute atomic E-state index is 12.3. The fourth-order valence-electron chi connectivity index (χ4n) is 2.22. The lowest BCUT2D eigenvalue weighted by atomic mass is 10.1. The highest BCUT2D eigenvalue weighted by Crippen LogP contribution is 2.16. The third kappa shape index (κ3) is 3.66. The van der Waals surface area contributed by atoms with Gasteiger partial charge in [0.15, 0.2) is 0 Å². The largest absolute Gasteiger partial charge is 0.467 e. The molecule has 1 amide bonds. The fourth-order valence-corrected chi connectivity index (χ4v) is 2.22. The predicted octanol–water partition coefficient (Wildman–Crippen LogP) is 3.68. The van der Waals surface area contributed by atoms with Crippen LogP contribution in [-0.4, -0.2) is 23.9 Å². The number of benzene rings is 1. The number of aryl methyl sites for hydroxylation is 1. The summed E-state index contributed by atoms with van der Waals surface area (Å²) in [5.41, 5.74) is 2.75. The van der Waals surface area contributed by atoms with Crippen LogP contribution < -0.4 is 5.32 Å². The van der Waals surface area contributed by atoms with Crippen molar-refractivity contribution in [1.82, 2.24) is 4.90 Å². The number of furan rings is 1. The van der Waals surface area contributed by atoms with Crippen LogP contribution in [0.5, 0.6) is 0 Å². The Hall–Kier alpha value is -2.23. The van der Waals surface area contributed by atoms with Gasteiger partial charge in [-0.2, -0.15) is 0 Å². The Bertz CT molecular complexity index is 600. The summed E-state index contributed by atoms with van der Waals surface area (Å²) in [4.78, 5) is 14.1. The average molecular weight is 286 g/mol. The maximum Gasteiger partial charge on any atom is 0.253 e. The van der Waals surface area contributed by atoms with Crippen LogP contribution in [0.15, 0.2) is 41.0 Å². The lowest BCUT2D eigenvalue weighted by molar-refractivity contribution is 0.0773. The van der Waals surface area contributed by atoms with Crippen LogP contribution in [0.3, 0.4) is 0 Å². The normalized spacial score (nSPS) is 10.4. The summed E-state index contributed by atoms with van der Waals surface area (Å²) in [6.07, 6.45) is 1.69. The molecule has 0 saturated heterocycles. The number of rotatable bonds is 6. The van der Waals surface area contributed by atoms with Crippen LogP contribution >= 0.6 is 0 Å². The Morgan fingerprint density at radius 1 is 1.24 bits per heavy atom. The molecular formula is C17H22N2O2. The first-order chi connectivity index (χ1) is 10.2. The first-order valence-corrected chi connectivity index (χ1v) is 7.31. The van der Waals surface area contributed by atoms with Crippen LogP contribution in [0.4, 0.5) is 5.69 Å². The smallest absolute Gasteiger partial charge is 0.253 e. The van der Waals surface area contributed by atoms with Crippen LogP contribution in [0, 0.1) is 6.92 Å². The number of carbonyl (C=O) groups excluding carboxylic acids is 1. The second kappa shape index (κ2) is 6.97.